The maximum atomic E-state index is 13.3. The van der Waals surface area contributed by atoms with Crippen LogP contribution >= 0.6 is 0 Å². The summed E-state index contributed by atoms with van der Waals surface area (Å²) in [7, 11) is 1.80. The van der Waals surface area contributed by atoms with Crippen molar-refractivity contribution in [1.29, 1.82) is 0 Å². The summed E-state index contributed by atoms with van der Waals surface area (Å²) < 4.78 is 60.2. The number of ether oxygens (including phenoxy) is 1. The number of aromatic nitrogens is 4. The van der Waals surface area contributed by atoms with Gasteiger partial charge in [-0.05, 0) is 60.9 Å². The van der Waals surface area contributed by atoms with Gasteiger partial charge in [-0.25, -0.2) is 14.4 Å². The molecule has 1 unspecified atom stereocenters. The van der Waals surface area contributed by atoms with E-state index in [4.69, 9.17) is 4.74 Å². The Balaban J connectivity index is 1.30. The second-order valence-electron chi connectivity index (χ2n) is 8.98. The van der Waals surface area contributed by atoms with Crippen LogP contribution in [0.2, 0.25) is 0 Å². The largest absolute Gasteiger partial charge is 0.491 e. The molecule has 0 bridgehead atoms. The lowest BCUT2D eigenvalue weighted by molar-refractivity contribution is -0.142. The highest BCUT2D eigenvalue weighted by Gasteiger charge is 2.36. The minimum Gasteiger partial charge on any atom is -0.491 e. The van der Waals surface area contributed by atoms with E-state index in [2.05, 4.69) is 15.0 Å². The average molecular weight is 513 g/mol. The zero-order valence-electron chi connectivity index (χ0n) is 19.9. The number of likely N-dealkylation sites (tertiary alicyclic amines) is 1. The van der Waals surface area contributed by atoms with Gasteiger partial charge in [0.1, 0.15) is 22.8 Å². The molecule has 3 aromatic heterocycles. The summed E-state index contributed by atoms with van der Waals surface area (Å²) in [4.78, 5) is 27.2. The van der Waals surface area contributed by atoms with E-state index in [0.29, 0.717) is 30.7 Å². The number of carbonyl (C=O) groups is 1. The van der Waals surface area contributed by atoms with E-state index in [1.165, 1.54) is 30.5 Å². The van der Waals surface area contributed by atoms with Crippen molar-refractivity contribution in [3.05, 3.63) is 72.1 Å². The number of hydrogen-bond donors (Lipinski definition) is 0. The standard InChI is InChI=1S/C26H23F4N5O2/c1-34-21(17-6-8-18(27)9-7-17)12-19-24(34)33-20(13-32-19)25(36)35-11-3-4-16(14-35)15-37-22-5-2-10-31-23(22)26(28,29)30/h2,5-10,12-13,16H,3-4,11,14-15H2,1H3. The van der Waals surface area contributed by atoms with Crippen LogP contribution in [0.1, 0.15) is 29.0 Å². The summed E-state index contributed by atoms with van der Waals surface area (Å²) in [6.07, 6.45) is -0.715. The summed E-state index contributed by atoms with van der Waals surface area (Å²) in [5.74, 6) is -1.11. The number of fused-ring (bicyclic) bond motifs is 1. The number of amides is 1. The third-order valence-electron chi connectivity index (χ3n) is 6.41. The van der Waals surface area contributed by atoms with Crippen LogP contribution in [0.3, 0.4) is 0 Å². The number of rotatable bonds is 5. The fourth-order valence-corrected chi connectivity index (χ4v) is 4.55. The molecule has 0 aliphatic carbocycles. The fourth-order valence-electron chi connectivity index (χ4n) is 4.55. The first kappa shape index (κ1) is 24.7. The third kappa shape index (κ3) is 5.11. The molecule has 1 saturated heterocycles. The number of halogens is 4. The molecule has 1 amide bonds. The average Bonchev–Trinajstić information content (AvgIpc) is 3.23. The molecule has 1 atom stereocenters. The van der Waals surface area contributed by atoms with Gasteiger partial charge in [-0.3, -0.25) is 9.78 Å². The lowest BCUT2D eigenvalue weighted by Crippen LogP contribution is -2.42. The number of benzene rings is 1. The number of carbonyl (C=O) groups excluding carboxylic acids is 1. The monoisotopic (exact) mass is 513 g/mol. The minimum absolute atomic E-state index is 0.0299. The van der Waals surface area contributed by atoms with Crippen LogP contribution in [-0.4, -0.2) is 50.0 Å². The van der Waals surface area contributed by atoms with Crippen LogP contribution in [0, 0.1) is 11.7 Å². The Morgan fingerprint density at radius 3 is 2.70 bits per heavy atom. The van der Waals surface area contributed by atoms with Gasteiger partial charge in [0.05, 0.1) is 18.5 Å². The van der Waals surface area contributed by atoms with Crippen LogP contribution in [0.15, 0.2) is 54.9 Å². The molecule has 192 valence electrons. The first-order valence-electron chi connectivity index (χ1n) is 11.7. The number of hydrogen-bond acceptors (Lipinski definition) is 5. The number of nitrogens with zero attached hydrogens (tertiary/aromatic N) is 5. The summed E-state index contributed by atoms with van der Waals surface area (Å²) in [6, 6.07) is 10.5. The lowest BCUT2D eigenvalue weighted by atomic mass is 9.98. The summed E-state index contributed by atoms with van der Waals surface area (Å²) in [5, 5.41) is 0. The molecular weight excluding hydrogens is 490 g/mol. The number of alkyl halides is 3. The second kappa shape index (κ2) is 9.79. The number of aryl methyl sites for hydroxylation is 1. The SMILES string of the molecule is Cn1c(-c2ccc(F)cc2)cc2ncc(C(=O)N3CCCC(COc4cccnc4C(F)(F)F)C3)nc21. The molecule has 1 aliphatic heterocycles. The predicted octanol–water partition coefficient (Wildman–Crippen LogP) is 5.12. The molecule has 0 radical (unpaired) electrons. The van der Waals surface area contributed by atoms with E-state index in [9.17, 15) is 22.4 Å². The lowest BCUT2D eigenvalue weighted by Gasteiger charge is -2.32. The Bertz CT molecular complexity index is 1440. The van der Waals surface area contributed by atoms with Crippen molar-refractivity contribution in [3.63, 3.8) is 0 Å². The second-order valence-corrected chi connectivity index (χ2v) is 8.98. The zero-order valence-corrected chi connectivity index (χ0v) is 19.9. The molecule has 1 aromatic carbocycles. The Morgan fingerprint density at radius 1 is 1.16 bits per heavy atom. The van der Waals surface area contributed by atoms with Gasteiger partial charge in [0.25, 0.3) is 5.91 Å². The fraction of sp³-hybridized carbons (Fsp3) is 0.308. The Labute approximate surface area is 209 Å². The van der Waals surface area contributed by atoms with Gasteiger partial charge in [-0.2, -0.15) is 13.2 Å². The van der Waals surface area contributed by atoms with E-state index in [1.54, 1.807) is 28.6 Å². The van der Waals surface area contributed by atoms with Crippen molar-refractivity contribution in [2.45, 2.75) is 19.0 Å². The molecule has 4 heterocycles. The molecule has 1 fully saturated rings. The molecule has 37 heavy (non-hydrogen) atoms. The molecule has 0 spiro atoms. The minimum atomic E-state index is -4.62. The van der Waals surface area contributed by atoms with Crippen molar-refractivity contribution < 1.29 is 27.1 Å². The summed E-state index contributed by atoms with van der Waals surface area (Å²) in [6.45, 7) is 0.861. The Morgan fingerprint density at radius 2 is 1.95 bits per heavy atom. The molecule has 4 aromatic rings. The molecule has 11 heteroatoms. The van der Waals surface area contributed by atoms with Crippen molar-refractivity contribution in [1.82, 2.24) is 24.4 Å². The highest BCUT2D eigenvalue weighted by molar-refractivity contribution is 5.94. The van der Waals surface area contributed by atoms with Crippen LogP contribution < -0.4 is 4.74 Å². The maximum absolute atomic E-state index is 13.3. The van der Waals surface area contributed by atoms with E-state index in [-0.39, 0.29) is 35.7 Å². The number of piperidine rings is 1. The van der Waals surface area contributed by atoms with Gasteiger partial charge in [0.15, 0.2) is 11.3 Å². The zero-order chi connectivity index (χ0) is 26.2. The molecular formula is C26H23F4N5O2. The topological polar surface area (TPSA) is 73.1 Å². The van der Waals surface area contributed by atoms with Gasteiger partial charge in [0.2, 0.25) is 0 Å². The highest BCUT2D eigenvalue weighted by Crippen LogP contribution is 2.34. The molecule has 0 saturated carbocycles. The highest BCUT2D eigenvalue weighted by atomic mass is 19.4. The van der Waals surface area contributed by atoms with Crippen LogP contribution in [0.25, 0.3) is 22.4 Å². The van der Waals surface area contributed by atoms with Gasteiger partial charge in [0, 0.05) is 32.3 Å². The van der Waals surface area contributed by atoms with E-state index >= 15 is 0 Å². The molecule has 5 rings (SSSR count). The summed E-state index contributed by atoms with van der Waals surface area (Å²) >= 11 is 0. The van der Waals surface area contributed by atoms with Gasteiger partial charge >= 0.3 is 6.18 Å². The molecule has 1 aliphatic rings. The first-order chi connectivity index (χ1) is 17.7. The smallest absolute Gasteiger partial charge is 0.437 e. The van der Waals surface area contributed by atoms with Crippen LogP contribution in [0.4, 0.5) is 17.6 Å². The Hall–Kier alpha value is -4.02. The van der Waals surface area contributed by atoms with E-state index < -0.39 is 11.9 Å². The maximum Gasteiger partial charge on any atom is 0.437 e. The van der Waals surface area contributed by atoms with Crippen molar-refractivity contribution in [2.24, 2.45) is 13.0 Å². The van der Waals surface area contributed by atoms with Gasteiger partial charge in [-0.15, -0.1) is 0 Å². The van der Waals surface area contributed by atoms with E-state index in [1.807, 2.05) is 6.07 Å². The number of pyridine rings is 1. The van der Waals surface area contributed by atoms with Crippen molar-refractivity contribution >= 4 is 17.1 Å². The van der Waals surface area contributed by atoms with Crippen molar-refractivity contribution in [3.8, 4) is 17.0 Å². The third-order valence-corrected chi connectivity index (χ3v) is 6.41. The Kier molecular flexibility index (Phi) is 6.53. The molecule has 7 nitrogen and oxygen atoms in total. The first-order valence-corrected chi connectivity index (χ1v) is 11.7. The van der Waals surface area contributed by atoms with Crippen LogP contribution in [0.5, 0.6) is 5.75 Å². The normalized spacial score (nSPS) is 16.2. The summed E-state index contributed by atoms with van der Waals surface area (Å²) in [5.41, 5.74) is 1.79. The molecule has 0 N–H and O–H groups in total. The quantitative estimate of drug-likeness (QED) is 0.347. The van der Waals surface area contributed by atoms with Crippen LogP contribution in [-0.2, 0) is 13.2 Å². The van der Waals surface area contributed by atoms with Crippen molar-refractivity contribution in [2.75, 3.05) is 19.7 Å². The van der Waals surface area contributed by atoms with E-state index in [0.717, 1.165) is 23.9 Å². The predicted molar refractivity (Wildman–Crippen MR) is 127 cm³/mol. The van der Waals surface area contributed by atoms with Gasteiger partial charge < -0.3 is 14.2 Å². The van der Waals surface area contributed by atoms with Gasteiger partial charge in [-0.1, -0.05) is 0 Å².